The molecule has 0 aromatic heterocycles. The van der Waals surface area contributed by atoms with Crippen molar-refractivity contribution in [1.29, 1.82) is 0 Å². The van der Waals surface area contributed by atoms with E-state index < -0.39 is 12.0 Å². The molecular formula is C14H26N2O2S. The molecule has 0 aliphatic carbocycles. The Morgan fingerprint density at radius 3 is 2.32 bits per heavy atom. The second kappa shape index (κ2) is 13.7. The van der Waals surface area contributed by atoms with Crippen LogP contribution in [0.25, 0.3) is 0 Å². The van der Waals surface area contributed by atoms with Crippen molar-refractivity contribution in [3.63, 3.8) is 0 Å². The van der Waals surface area contributed by atoms with E-state index in [2.05, 4.69) is 34.6 Å². The fourth-order valence-corrected chi connectivity index (χ4v) is 1.97. The maximum atomic E-state index is 10.9. The lowest BCUT2D eigenvalue weighted by molar-refractivity contribution is -0.139. The maximum Gasteiger partial charge on any atom is 0.322 e. The van der Waals surface area contributed by atoms with Crippen molar-refractivity contribution < 1.29 is 9.90 Å². The normalized spacial score (nSPS) is 11.8. The highest BCUT2D eigenvalue weighted by Gasteiger charge is 2.14. The van der Waals surface area contributed by atoms with Crippen LogP contribution in [0.1, 0.15) is 58.3 Å². The maximum absolute atomic E-state index is 10.9. The molecule has 0 amide bonds. The highest BCUT2D eigenvalue weighted by Crippen LogP contribution is 2.07. The zero-order valence-electron chi connectivity index (χ0n) is 11.9. The molecule has 4 nitrogen and oxygen atoms in total. The molecular weight excluding hydrogens is 260 g/mol. The van der Waals surface area contributed by atoms with Crippen molar-refractivity contribution in [2.75, 3.05) is 13.1 Å². The van der Waals surface area contributed by atoms with E-state index in [0.29, 0.717) is 0 Å². The largest absolute Gasteiger partial charge is 0.480 e. The van der Waals surface area contributed by atoms with Gasteiger partial charge in [0.2, 0.25) is 0 Å². The zero-order chi connectivity index (χ0) is 14.3. The lowest BCUT2D eigenvalue weighted by Crippen LogP contribution is -2.39. The van der Waals surface area contributed by atoms with Gasteiger partial charge in [-0.05, 0) is 25.2 Å². The van der Waals surface area contributed by atoms with E-state index in [9.17, 15) is 4.79 Å². The first-order chi connectivity index (χ1) is 9.22. The van der Waals surface area contributed by atoms with Gasteiger partial charge in [0.25, 0.3) is 0 Å². The number of unbranched alkanes of at least 4 members (excludes halogenated alkanes) is 7. The molecule has 0 aliphatic rings. The van der Waals surface area contributed by atoms with Gasteiger partial charge >= 0.3 is 5.97 Å². The molecule has 0 radical (unpaired) electrons. The Bertz CT molecular complexity index is 279. The number of carboxylic acids is 1. The molecule has 0 aliphatic heterocycles. The number of carbonyl (C=O) groups is 1. The van der Waals surface area contributed by atoms with E-state index in [-0.39, 0.29) is 6.54 Å². The zero-order valence-corrected chi connectivity index (χ0v) is 12.7. The Morgan fingerprint density at radius 2 is 1.79 bits per heavy atom. The van der Waals surface area contributed by atoms with Crippen molar-refractivity contribution in [3.05, 3.63) is 0 Å². The predicted octanol–water partition coefficient (Wildman–Crippen LogP) is 3.27. The van der Waals surface area contributed by atoms with Gasteiger partial charge < -0.3 is 10.4 Å². The monoisotopic (exact) mass is 286 g/mol. The van der Waals surface area contributed by atoms with E-state index in [1.54, 1.807) is 0 Å². The molecule has 0 rings (SSSR count). The first-order valence-electron chi connectivity index (χ1n) is 7.22. The molecule has 1 atom stereocenters. The predicted molar refractivity (Wildman–Crippen MR) is 81.9 cm³/mol. The number of hydrogen-bond donors (Lipinski definition) is 2. The number of nitrogens with zero attached hydrogens (tertiary/aromatic N) is 1. The number of isothiocyanates is 1. The summed E-state index contributed by atoms with van der Waals surface area (Å²) >= 11 is 4.43. The van der Waals surface area contributed by atoms with Crippen LogP contribution in [0.15, 0.2) is 4.99 Å². The molecule has 110 valence electrons. The minimum atomic E-state index is -0.881. The molecule has 0 spiro atoms. The third-order valence-electron chi connectivity index (χ3n) is 3.06. The van der Waals surface area contributed by atoms with Crippen LogP contribution in [0.2, 0.25) is 0 Å². The molecule has 2 N–H and O–H groups in total. The highest BCUT2D eigenvalue weighted by atomic mass is 32.1. The number of hydrogen-bond acceptors (Lipinski definition) is 4. The molecule has 0 aromatic rings. The van der Waals surface area contributed by atoms with Crippen LogP contribution in [-0.2, 0) is 4.79 Å². The quantitative estimate of drug-likeness (QED) is 0.310. The Kier molecular flexibility index (Phi) is 13.1. The summed E-state index contributed by atoms with van der Waals surface area (Å²) in [5.41, 5.74) is 0. The van der Waals surface area contributed by atoms with Crippen LogP contribution in [0, 0.1) is 0 Å². The van der Waals surface area contributed by atoms with Gasteiger partial charge in [0.15, 0.2) is 0 Å². The molecule has 0 heterocycles. The second-order valence-electron chi connectivity index (χ2n) is 4.75. The number of rotatable bonds is 13. The summed E-state index contributed by atoms with van der Waals surface area (Å²) in [4.78, 5) is 14.6. The standard InChI is InChI=1S/C14H26N2O2S/c1-2-3-4-5-6-7-8-9-10-16-13(14(17)18)11-15-12-19/h13,16H,2-11H2,1H3,(H,17,18). The summed E-state index contributed by atoms with van der Waals surface area (Å²) < 4.78 is 0. The smallest absolute Gasteiger partial charge is 0.322 e. The Morgan fingerprint density at radius 1 is 1.21 bits per heavy atom. The molecule has 0 saturated heterocycles. The van der Waals surface area contributed by atoms with Gasteiger partial charge in [-0.3, -0.25) is 4.79 Å². The lowest BCUT2D eigenvalue weighted by atomic mass is 10.1. The number of aliphatic imine (C=N–C) groups is 1. The fourth-order valence-electron chi connectivity index (χ4n) is 1.89. The lowest BCUT2D eigenvalue weighted by Gasteiger charge is -2.11. The summed E-state index contributed by atoms with van der Waals surface area (Å²) in [5, 5.41) is 14.1. The summed E-state index contributed by atoms with van der Waals surface area (Å²) in [5.74, 6) is -0.881. The molecule has 0 aromatic carbocycles. The van der Waals surface area contributed by atoms with Crippen LogP contribution in [0.3, 0.4) is 0 Å². The fraction of sp³-hybridized carbons (Fsp3) is 0.857. The van der Waals surface area contributed by atoms with Gasteiger partial charge in [-0.25, -0.2) is 4.99 Å². The van der Waals surface area contributed by atoms with E-state index >= 15 is 0 Å². The van der Waals surface area contributed by atoms with Gasteiger partial charge in [0, 0.05) is 0 Å². The van der Waals surface area contributed by atoms with Gasteiger partial charge in [-0.15, -0.1) is 0 Å². The van der Waals surface area contributed by atoms with Crippen LogP contribution >= 0.6 is 12.2 Å². The topological polar surface area (TPSA) is 61.7 Å². The summed E-state index contributed by atoms with van der Waals surface area (Å²) in [6.45, 7) is 3.10. The summed E-state index contributed by atoms with van der Waals surface area (Å²) in [7, 11) is 0. The summed E-state index contributed by atoms with van der Waals surface area (Å²) in [6.07, 6.45) is 9.97. The molecule has 0 bridgehead atoms. The van der Waals surface area contributed by atoms with Crippen LogP contribution in [0.5, 0.6) is 0 Å². The SMILES string of the molecule is CCCCCCCCCCNC(CN=C=S)C(=O)O. The van der Waals surface area contributed by atoms with Crippen LogP contribution < -0.4 is 5.32 Å². The van der Waals surface area contributed by atoms with Crippen LogP contribution in [-0.4, -0.2) is 35.4 Å². The summed E-state index contributed by atoms with van der Waals surface area (Å²) in [6, 6.07) is -0.639. The van der Waals surface area contributed by atoms with Gasteiger partial charge in [0.05, 0.1) is 11.7 Å². The first-order valence-corrected chi connectivity index (χ1v) is 7.63. The van der Waals surface area contributed by atoms with Crippen molar-refractivity contribution >= 4 is 23.3 Å². The van der Waals surface area contributed by atoms with E-state index in [1.165, 1.54) is 38.5 Å². The average molecular weight is 286 g/mol. The third-order valence-corrected chi connectivity index (χ3v) is 3.19. The number of nitrogens with one attached hydrogen (secondary N) is 1. The number of carboxylic acid groups (broad SMARTS) is 1. The van der Waals surface area contributed by atoms with Crippen molar-refractivity contribution in [3.8, 4) is 0 Å². The Balaban J connectivity index is 3.44. The molecule has 1 unspecified atom stereocenters. The van der Waals surface area contributed by atoms with Gasteiger partial charge in [-0.2, -0.15) is 0 Å². The minimum Gasteiger partial charge on any atom is -0.480 e. The Labute approximate surface area is 121 Å². The molecule has 19 heavy (non-hydrogen) atoms. The van der Waals surface area contributed by atoms with Gasteiger partial charge in [0.1, 0.15) is 6.04 Å². The van der Waals surface area contributed by atoms with E-state index in [1.807, 2.05) is 0 Å². The number of aliphatic carboxylic acids is 1. The van der Waals surface area contributed by atoms with Gasteiger partial charge in [-0.1, -0.05) is 51.9 Å². The Hall–Kier alpha value is -0.770. The van der Waals surface area contributed by atoms with E-state index in [0.717, 1.165) is 19.4 Å². The number of thiocarbonyl (C=S) groups is 1. The van der Waals surface area contributed by atoms with Crippen molar-refractivity contribution in [1.82, 2.24) is 5.32 Å². The molecule has 5 heteroatoms. The third kappa shape index (κ3) is 12.0. The molecule has 0 fully saturated rings. The first kappa shape index (κ1) is 18.2. The average Bonchev–Trinajstić information content (AvgIpc) is 2.39. The highest BCUT2D eigenvalue weighted by molar-refractivity contribution is 7.78. The van der Waals surface area contributed by atoms with Crippen LogP contribution in [0.4, 0.5) is 0 Å². The second-order valence-corrected chi connectivity index (χ2v) is 4.93. The molecule has 0 saturated carbocycles. The van der Waals surface area contributed by atoms with E-state index in [4.69, 9.17) is 5.11 Å². The van der Waals surface area contributed by atoms with Crippen molar-refractivity contribution in [2.24, 2.45) is 4.99 Å². The van der Waals surface area contributed by atoms with Crippen molar-refractivity contribution in [2.45, 2.75) is 64.3 Å². The minimum absolute atomic E-state index is 0.163.